The maximum Gasteiger partial charge on any atom is 0.314 e. The lowest BCUT2D eigenvalue weighted by molar-refractivity contribution is -0.119. The smallest absolute Gasteiger partial charge is 0.314 e. The second-order valence-corrected chi connectivity index (χ2v) is 4.50. The SMILES string of the molecule is CCC(CN)C(=O)Nc1ccc2[nH]c(=O)c(=O)[nH]c2c1. The van der Waals surface area contributed by atoms with Crippen LogP contribution >= 0.6 is 0 Å². The Morgan fingerprint density at radius 1 is 1.25 bits per heavy atom. The van der Waals surface area contributed by atoms with Crippen molar-refractivity contribution in [2.24, 2.45) is 11.7 Å². The fourth-order valence-corrected chi connectivity index (χ4v) is 1.90. The molecule has 0 aliphatic carbocycles. The van der Waals surface area contributed by atoms with Crippen molar-refractivity contribution >= 4 is 22.6 Å². The molecule has 0 spiro atoms. The quantitative estimate of drug-likeness (QED) is 0.593. The highest BCUT2D eigenvalue weighted by Gasteiger charge is 2.14. The number of aromatic nitrogens is 2. The van der Waals surface area contributed by atoms with Gasteiger partial charge in [-0.05, 0) is 24.6 Å². The summed E-state index contributed by atoms with van der Waals surface area (Å²) in [6.45, 7) is 2.17. The lowest BCUT2D eigenvalue weighted by atomic mass is 10.1. The highest BCUT2D eigenvalue weighted by atomic mass is 16.2. The van der Waals surface area contributed by atoms with E-state index in [-0.39, 0.29) is 18.4 Å². The molecule has 7 heteroatoms. The first-order valence-corrected chi connectivity index (χ1v) is 6.32. The third-order valence-corrected chi connectivity index (χ3v) is 3.14. The van der Waals surface area contributed by atoms with Crippen molar-refractivity contribution in [3.8, 4) is 0 Å². The lowest BCUT2D eigenvalue weighted by Gasteiger charge is -2.12. The minimum Gasteiger partial charge on any atom is -0.330 e. The third kappa shape index (κ3) is 2.77. The van der Waals surface area contributed by atoms with Crippen LogP contribution < -0.4 is 22.2 Å². The molecule has 1 amide bonds. The monoisotopic (exact) mass is 276 g/mol. The van der Waals surface area contributed by atoms with Crippen LogP contribution in [0.2, 0.25) is 0 Å². The van der Waals surface area contributed by atoms with E-state index in [0.717, 1.165) is 0 Å². The molecular formula is C13H16N4O3. The maximum absolute atomic E-state index is 11.9. The Balaban J connectivity index is 2.32. The van der Waals surface area contributed by atoms with Gasteiger partial charge in [0, 0.05) is 12.2 Å². The Hall–Kier alpha value is -2.41. The molecule has 1 heterocycles. The number of nitrogens with one attached hydrogen (secondary N) is 3. The van der Waals surface area contributed by atoms with Gasteiger partial charge in [-0.15, -0.1) is 0 Å². The van der Waals surface area contributed by atoms with Gasteiger partial charge in [0.15, 0.2) is 0 Å². The Morgan fingerprint density at radius 3 is 2.50 bits per heavy atom. The van der Waals surface area contributed by atoms with Gasteiger partial charge in [0.1, 0.15) is 0 Å². The van der Waals surface area contributed by atoms with Gasteiger partial charge >= 0.3 is 11.1 Å². The molecular weight excluding hydrogens is 260 g/mol. The number of H-pyrrole nitrogens is 2. The van der Waals surface area contributed by atoms with Crippen LogP contribution in [0.4, 0.5) is 5.69 Å². The number of anilines is 1. The molecule has 2 aromatic rings. The summed E-state index contributed by atoms with van der Waals surface area (Å²) in [7, 11) is 0. The van der Waals surface area contributed by atoms with E-state index in [9.17, 15) is 14.4 Å². The van der Waals surface area contributed by atoms with E-state index in [1.807, 2.05) is 6.92 Å². The fraction of sp³-hybridized carbons (Fsp3) is 0.308. The largest absolute Gasteiger partial charge is 0.330 e. The van der Waals surface area contributed by atoms with E-state index < -0.39 is 11.1 Å². The average molecular weight is 276 g/mol. The van der Waals surface area contributed by atoms with Crippen LogP contribution in [-0.4, -0.2) is 22.4 Å². The summed E-state index contributed by atoms with van der Waals surface area (Å²) >= 11 is 0. The van der Waals surface area contributed by atoms with Gasteiger partial charge in [0.05, 0.1) is 17.0 Å². The number of aromatic amines is 2. The summed E-state index contributed by atoms with van der Waals surface area (Å²) < 4.78 is 0. The van der Waals surface area contributed by atoms with E-state index in [1.165, 1.54) is 0 Å². The minimum absolute atomic E-state index is 0.166. The minimum atomic E-state index is -0.727. The van der Waals surface area contributed by atoms with Crippen molar-refractivity contribution in [1.29, 1.82) is 0 Å². The Morgan fingerprint density at radius 2 is 1.90 bits per heavy atom. The number of benzene rings is 1. The van der Waals surface area contributed by atoms with Crippen LogP contribution in [0.15, 0.2) is 27.8 Å². The molecule has 1 unspecified atom stereocenters. The highest BCUT2D eigenvalue weighted by molar-refractivity contribution is 5.94. The molecule has 106 valence electrons. The number of amides is 1. The van der Waals surface area contributed by atoms with Gasteiger partial charge in [-0.1, -0.05) is 6.92 Å². The Labute approximate surface area is 114 Å². The number of hydrogen-bond donors (Lipinski definition) is 4. The molecule has 0 aliphatic rings. The molecule has 7 nitrogen and oxygen atoms in total. The molecule has 0 saturated heterocycles. The van der Waals surface area contributed by atoms with Crippen molar-refractivity contribution in [3.05, 3.63) is 38.9 Å². The molecule has 0 fully saturated rings. The summed E-state index contributed by atoms with van der Waals surface area (Å²) in [4.78, 5) is 39.3. The number of rotatable bonds is 4. The topological polar surface area (TPSA) is 121 Å². The summed E-state index contributed by atoms with van der Waals surface area (Å²) in [6, 6.07) is 4.86. The summed E-state index contributed by atoms with van der Waals surface area (Å²) in [6.07, 6.45) is 0.653. The standard InChI is InChI=1S/C13H16N4O3/c1-2-7(6-14)11(18)15-8-3-4-9-10(5-8)17-13(20)12(19)16-9/h3-5,7H,2,6,14H2,1H3,(H,15,18)(H,16,19)(H,17,20). The van der Waals surface area contributed by atoms with E-state index in [4.69, 9.17) is 5.73 Å². The van der Waals surface area contributed by atoms with E-state index in [2.05, 4.69) is 15.3 Å². The van der Waals surface area contributed by atoms with E-state index in [0.29, 0.717) is 23.1 Å². The molecule has 1 atom stereocenters. The van der Waals surface area contributed by atoms with Gasteiger partial charge in [-0.25, -0.2) is 0 Å². The van der Waals surface area contributed by atoms with Crippen LogP contribution in [0, 0.1) is 5.92 Å². The van der Waals surface area contributed by atoms with Crippen LogP contribution in [0.5, 0.6) is 0 Å². The second kappa shape index (κ2) is 5.70. The predicted molar refractivity (Wildman–Crippen MR) is 76.7 cm³/mol. The normalized spacial score (nSPS) is 12.3. The molecule has 20 heavy (non-hydrogen) atoms. The first-order valence-electron chi connectivity index (χ1n) is 6.32. The number of hydrogen-bond acceptors (Lipinski definition) is 4. The first-order chi connectivity index (χ1) is 9.55. The van der Waals surface area contributed by atoms with Gasteiger partial charge in [-0.2, -0.15) is 0 Å². The Bertz CT molecular complexity index is 743. The first kappa shape index (κ1) is 14.0. The van der Waals surface area contributed by atoms with Gasteiger partial charge < -0.3 is 21.0 Å². The summed E-state index contributed by atoms with van der Waals surface area (Å²) in [5.74, 6) is -0.415. The van der Waals surface area contributed by atoms with Crippen molar-refractivity contribution in [1.82, 2.24) is 9.97 Å². The van der Waals surface area contributed by atoms with Crippen LogP contribution in [0.1, 0.15) is 13.3 Å². The van der Waals surface area contributed by atoms with Crippen LogP contribution in [0.3, 0.4) is 0 Å². The zero-order valence-electron chi connectivity index (χ0n) is 11.0. The molecule has 1 aromatic heterocycles. The molecule has 1 aromatic carbocycles. The summed E-state index contributed by atoms with van der Waals surface area (Å²) in [5.41, 5.74) is 5.57. The third-order valence-electron chi connectivity index (χ3n) is 3.14. The second-order valence-electron chi connectivity index (χ2n) is 4.50. The fourth-order valence-electron chi connectivity index (χ4n) is 1.90. The highest BCUT2D eigenvalue weighted by Crippen LogP contribution is 2.15. The Kier molecular flexibility index (Phi) is 3.99. The van der Waals surface area contributed by atoms with Crippen LogP contribution in [-0.2, 0) is 4.79 Å². The lowest BCUT2D eigenvalue weighted by Crippen LogP contribution is -2.29. The van der Waals surface area contributed by atoms with Gasteiger partial charge in [0.25, 0.3) is 0 Å². The summed E-state index contributed by atoms with van der Waals surface area (Å²) in [5, 5.41) is 2.74. The van der Waals surface area contributed by atoms with Gasteiger partial charge in [0.2, 0.25) is 5.91 Å². The van der Waals surface area contributed by atoms with Crippen molar-refractivity contribution in [3.63, 3.8) is 0 Å². The van der Waals surface area contributed by atoms with Crippen molar-refractivity contribution < 1.29 is 4.79 Å². The zero-order valence-corrected chi connectivity index (χ0v) is 11.0. The van der Waals surface area contributed by atoms with E-state index >= 15 is 0 Å². The van der Waals surface area contributed by atoms with E-state index in [1.54, 1.807) is 18.2 Å². The average Bonchev–Trinajstić information content (AvgIpc) is 2.42. The van der Waals surface area contributed by atoms with Gasteiger partial charge in [-0.3, -0.25) is 14.4 Å². The number of nitrogens with two attached hydrogens (primary N) is 1. The number of carbonyl (C=O) groups excluding carboxylic acids is 1. The number of fused-ring (bicyclic) bond motifs is 1. The molecule has 0 bridgehead atoms. The molecule has 2 rings (SSSR count). The molecule has 5 N–H and O–H groups in total. The van der Waals surface area contributed by atoms with Crippen molar-refractivity contribution in [2.45, 2.75) is 13.3 Å². The van der Waals surface area contributed by atoms with Crippen LogP contribution in [0.25, 0.3) is 11.0 Å². The molecule has 0 radical (unpaired) electrons. The van der Waals surface area contributed by atoms with Crippen molar-refractivity contribution in [2.75, 3.05) is 11.9 Å². The zero-order chi connectivity index (χ0) is 14.7. The molecule has 0 saturated carbocycles. The predicted octanol–water partition coefficient (Wildman–Crippen LogP) is 0.140. The number of carbonyl (C=O) groups is 1. The maximum atomic E-state index is 11.9. The molecule has 0 aliphatic heterocycles.